The molecule has 0 fully saturated rings. The molecule has 0 spiro atoms. The van der Waals surface area contributed by atoms with Gasteiger partial charge in [0.05, 0.1) is 6.20 Å². The second-order valence-corrected chi connectivity index (χ2v) is 5.21. The van der Waals surface area contributed by atoms with E-state index in [0.717, 1.165) is 6.42 Å². The normalized spacial score (nSPS) is 12.8. The number of alkyl carbamates (subject to hydrolysis) is 1. The Balaban J connectivity index is 2.72. The molecule has 1 heterocycles. The molecule has 6 nitrogen and oxygen atoms in total. The van der Waals surface area contributed by atoms with Crippen LogP contribution in [0, 0.1) is 0 Å². The fraction of sp³-hybridized carbons (Fsp3) is 0.615. The third-order valence-corrected chi connectivity index (χ3v) is 2.22. The number of oxazole rings is 1. The van der Waals surface area contributed by atoms with Crippen LogP contribution in [0.5, 0.6) is 0 Å². The highest BCUT2D eigenvalue weighted by atomic mass is 16.6. The maximum atomic E-state index is 11.7. The maximum Gasteiger partial charge on any atom is 0.408 e. The molecule has 106 valence electrons. The van der Waals surface area contributed by atoms with Crippen molar-refractivity contribution in [3.8, 4) is 0 Å². The van der Waals surface area contributed by atoms with Crippen molar-refractivity contribution in [2.24, 2.45) is 0 Å². The average Bonchev–Trinajstić information content (AvgIpc) is 2.74. The van der Waals surface area contributed by atoms with E-state index in [1.807, 2.05) is 6.92 Å². The Morgan fingerprint density at radius 1 is 1.58 bits per heavy atom. The largest absolute Gasteiger partial charge is 0.444 e. The predicted molar refractivity (Wildman–Crippen MR) is 68.9 cm³/mol. The highest BCUT2D eigenvalue weighted by Crippen LogP contribution is 2.19. The summed E-state index contributed by atoms with van der Waals surface area (Å²) >= 11 is 0. The first kappa shape index (κ1) is 15.2. The van der Waals surface area contributed by atoms with E-state index in [1.54, 1.807) is 20.8 Å². The molecule has 1 amide bonds. The zero-order valence-corrected chi connectivity index (χ0v) is 11.7. The topological polar surface area (TPSA) is 81.4 Å². The Bertz CT molecular complexity index is 434. The summed E-state index contributed by atoms with van der Waals surface area (Å²) in [5, 5.41) is 2.69. The van der Waals surface area contributed by atoms with E-state index in [0.29, 0.717) is 18.6 Å². The molecule has 1 aromatic heterocycles. The molecule has 19 heavy (non-hydrogen) atoms. The van der Waals surface area contributed by atoms with E-state index in [2.05, 4.69) is 10.3 Å². The van der Waals surface area contributed by atoms with Crippen LogP contribution < -0.4 is 5.32 Å². The minimum absolute atomic E-state index is 0.141. The van der Waals surface area contributed by atoms with Crippen LogP contribution in [0.3, 0.4) is 0 Å². The molecule has 0 bridgehead atoms. The first-order valence-electron chi connectivity index (χ1n) is 6.26. The Kier molecular flexibility index (Phi) is 5.09. The molecule has 6 heteroatoms. The van der Waals surface area contributed by atoms with Crippen LogP contribution in [0.1, 0.15) is 63.0 Å². The number of rotatable bonds is 5. The quantitative estimate of drug-likeness (QED) is 0.830. The molecule has 0 radical (unpaired) electrons. The van der Waals surface area contributed by atoms with Gasteiger partial charge in [-0.05, 0) is 27.2 Å². The number of hydrogen-bond acceptors (Lipinski definition) is 5. The summed E-state index contributed by atoms with van der Waals surface area (Å²) in [5.74, 6) is 0.455. The Labute approximate surface area is 112 Å². The van der Waals surface area contributed by atoms with Gasteiger partial charge in [0.1, 0.15) is 11.6 Å². The smallest absolute Gasteiger partial charge is 0.408 e. The zero-order valence-electron chi connectivity index (χ0n) is 11.7. The van der Waals surface area contributed by atoms with Gasteiger partial charge in [0.25, 0.3) is 0 Å². The number of amides is 1. The molecule has 1 atom stereocenters. The Morgan fingerprint density at radius 2 is 2.26 bits per heavy atom. The second-order valence-electron chi connectivity index (χ2n) is 5.21. The predicted octanol–water partition coefficient (Wildman–Crippen LogP) is 2.85. The van der Waals surface area contributed by atoms with Gasteiger partial charge in [0, 0.05) is 0 Å². The fourth-order valence-corrected chi connectivity index (χ4v) is 1.51. The van der Waals surface area contributed by atoms with Crippen LogP contribution in [-0.2, 0) is 4.74 Å². The molecule has 0 aliphatic heterocycles. The van der Waals surface area contributed by atoms with E-state index in [-0.39, 0.29) is 5.76 Å². The van der Waals surface area contributed by atoms with Gasteiger partial charge >= 0.3 is 6.09 Å². The van der Waals surface area contributed by atoms with Crippen LogP contribution in [0.25, 0.3) is 0 Å². The van der Waals surface area contributed by atoms with Gasteiger partial charge in [-0.25, -0.2) is 9.78 Å². The van der Waals surface area contributed by atoms with E-state index in [9.17, 15) is 9.59 Å². The number of nitrogens with zero attached hydrogens (tertiary/aromatic N) is 1. The van der Waals surface area contributed by atoms with Gasteiger partial charge in [-0.3, -0.25) is 4.79 Å². The van der Waals surface area contributed by atoms with Crippen molar-refractivity contribution in [2.45, 2.75) is 52.2 Å². The van der Waals surface area contributed by atoms with Crippen LogP contribution in [0.15, 0.2) is 10.6 Å². The summed E-state index contributed by atoms with van der Waals surface area (Å²) in [6.45, 7) is 7.35. The van der Waals surface area contributed by atoms with E-state index >= 15 is 0 Å². The zero-order chi connectivity index (χ0) is 14.5. The van der Waals surface area contributed by atoms with Crippen molar-refractivity contribution in [3.05, 3.63) is 17.8 Å². The summed E-state index contributed by atoms with van der Waals surface area (Å²) in [7, 11) is 0. The first-order valence-corrected chi connectivity index (χ1v) is 6.26. The van der Waals surface area contributed by atoms with E-state index in [4.69, 9.17) is 9.15 Å². The van der Waals surface area contributed by atoms with Crippen LogP contribution in [0.4, 0.5) is 4.79 Å². The summed E-state index contributed by atoms with van der Waals surface area (Å²) < 4.78 is 10.4. The number of aromatic nitrogens is 1. The minimum Gasteiger partial charge on any atom is -0.444 e. The van der Waals surface area contributed by atoms with Gasteiger partial charge in [0.2, 0.25) is 5.89 Å². The van der Waals surface area contributed by atoms with Crippen molar-refractivity contribution >= 4 is 12.4 Å². The molecule has 1 N–H and O–H groups in total. The number of carbonyl (C=O) groups excluding carboxylic acids is 2. The lowest BCUT2D eigenvalue weighted by Crippen LogP contribution is -2.35. The van der Waals surface area contributed by atoms with Crippen molar-refractivity contribution in [1.82, 2.24) is 10.3 Å². The van der Waals surface area contributed by atoms with E-state index in [1.165, 1.54) is 6.20 Å². The summed E-state index contributed by atoms with van der Waals surface area (Å²) in [5.41, 5.74) is -0.564. The van der Waals surface area contributed by atoms with Gasteiger partial charge in [0.15, 0.2) is 12.0 Å². The molecule has 0 aliphatic carbocycles. The summed E-state index contributed by atoms with van der Waals surface area (Å²) in [6.07, 6.45) is 2.86. The van der Waals surface area contributed by atoms with Crippen LogP contribution >= 0.6 is 0 Å². The third-order valence-electron chi connectivity index (χ3n) is 2.22. The third kappa shape index (κ3) is 5.11. The summed E-state index contributed by atoms with van der Waals surface area (Å²) in [6, 6.07) is -0.395. The lowest BCUT2D eigenvalue weighted by molar-refractivity contribution is 0.0492. The molecular weight excluding hydrogens is 248 g/mol. The minimum atomic E-state index is -0.564. The second kappa shape index (κ2) is 6.36. The average molecular weight is 268 g/mol. The van der Waals surface area contributed by atoms with Gasteiger partial charge in [-0.2, -0.15) is 0 Å². The summed E-state index contributed by atoms with van der Waals surface area (Å²) in [4.78, 5) is 26.3. The highest BCUT2D eigenvalue weighted by Gasteiger charge is 2.23. The van der Waals surface area contributed by atoms with Crippen LogP contribution in [0.2, 0.25) is 0 Å². The number of hydrogen-bond donors (Lipinski definition) is 1. The van der Waals surface area contributed by atoms with E-state index < -0.39 is 17.7 Å². The lowest BCUT2D eigenvalue weighted by atomic mass is 10.1. The number of ether oxygens (including phenoxy) is 1. The highest BCUT2D eigenvalue weighted by molar-refractivity contribution is 5.70. The molecule has 1 unspecified atom stereocenters. The molecule has 0 saturated carbocycles. The van der Waals surface area contributed by atoms with Gasteiger partial charge in [-0.15, -0.1) is 0 Å². The number of nitrogens with one attached hydrogen (secondary N) is 1. The first-order chi connectivity index (χ1) is 8.85. The SMILES string of the molecule is CCCC(NC(=O)OC(C)(C)C)c1ncc(C=O)o1. The lowest BCUT2D eigenvalue weighted by Gasteiger charge is -2.22. The van der Waals surface area contributed by atoms with Gasteiger partial charge in [-0.1, -0.05) is 13.3 Å². The molecule has 0 aliphatic rings. The Morgan fingerprint density at radius 3 is 2.74 bits per heavy atom. The van der Waals surface area contributed by atoms with Crippen molar-refractivity contribution < 1.29 is 18.7 Å². The van der Waals surface area contributed by atoms with Crippen molar-refractivity contribution in [3.63, 3.8) is 0 Å². The van der Waals surface area contributed by atoms with Crippen molar-refractivity contribution in [1.29, 1.82) is 0 Å². The Hall–Kier alpha value is -1.85. The fourth-order valence-electron chi connectivity index (χ4n) is 1.51. The molecular formula is C13H20N2O4. The number of aldehydes is 1. The molecule has 1 aromatic rings. The molecule has 1 rings (SSSR count). The standard InChI is InChI=1S/C13H20N2O4/c1-5-6-10(11-14-7-9(8-16)18-11)15-12(17)19-13(2,3)4/h7-8,10H,5-6H2,1-4H3,(H,15,17). The van der Waals surface area contributed by atoms with Crippen LogP contribution in [-0.4, -0.2) is 23.0 Å². The molecule has 0 aromatic carbocycles. The maximum absolute atomic E-state index is 11.7. The van der Waals surface area contributed by atoms with Gasteiger partial charge < -0.3 is 14.5 Å². The monoisotopic (exact) mass is 268 g/mol. The number of carbonyl (C=O) groups is 2. The molecule has 0 saturated heterocycles. The van der Waals surface area contributed by atoms with Crippen molar-refractivity contribution in [2.75, 3.05) is 0 Å².